The van der Waals surface area contributed by atoms with E-state index in [1.807, 2.05) is 6.92 Å². The van der Waals surface area contributed by atoms with Gasteiger partial charge >= 0.3 is 0 Å². The third kappa shape index (κ3) is 4.15. The minimum Gasteiger partial charge on any atom is -0.368 e. The molecule has 0 aromatic carbocycles. The Bertz CT molecular complexity index is 749. The summed E-state index contributed by atoms with van der Waals surface area (Å²) in [5.74, 6) is -1.59. The second kappa shape index (κ2) is 8.41. The molecule has 4 amide bonds. The largest absolute Gasteiger partial charge is 0.368 e. The Morgan fingerprint density at radius 3 is 2.86 bits per heavy atom. The van der Waals surface area contributed by atoms with Crippen molar-refractivity contribution < 1.29 is 19.2 Å². The van der Waals surface area contributed by atoms with Crippen LogP contribution in [0.4, 0.5) is 0 Å². The van der Waals surface area contributed by atoms with E-state index in [2.05, 4.69) is 20.6 Å². The molecule has 3 rings (SSSR count). The maximum atomic E-state index is 13.1. The summed E-state index contributed by atoms with van der Waals surface area (Å²) in [5, 5.41) is 5.46. The van der Waals surface area contributed by atoms with E-state index in [0.717, 1.165) is 0 Å². The van der Waals surface area contributed by atoms with Crippen molar-refractivity contribution in [2.75, 3.05) is 6.54 Å². The summed E-state index contributed by atoms with van der Waals surface area (Å²) in [6, 6.07) is -2.22. The van der Waals surface area contributed by atoms with Crippen LogP contribution in [0.25, 0.3) is 0 Å². The summed E-state index contributed by atoms with van der Waals surface area (Å²) in [6.45, 7) is 2.33. The molecule has 5 N–H and O–H groups in total. The molecule has 0 bridgehead atoms. The van der Waals surface area contributed by atoms with Gasteiger partial charge in [0.05, 0.1) is 6.33 Å². The van der Waals surface area contributed by atoms with E-state index in [0.29, 0.717) is 37.9 Å². The Hall–Kier alpha value is -2.91. The number of amides is 4. The van der Waals surface area contributed by atoms with Gasteiger partial charge in [0, 0.05) is 31.3 Å². The zero-order valence-electron chi connectivity index (χ0n) is 15.8. The van der Waals surface area contributed by atoms with Crippen LogP contribution in [0, 0.1) is 5.92 Å². The second-order valence-corrected chi connectivity index (χ2v) is 7.35. The monoisotopic (exact) mass is 390 g/mol. The Kier molecular flexibility index (Phi) is 5.96. The molecule has 1 aromatic rings. The number of imidazole rings is 1. The van der Waals surface area contributed by atoms with Gasteiger partial charge in [-0.2, -0.15) is 0 Å². The van der Waals surface area contributed by atoms with Crippen molar-refractivity contribution in [2.24, 2.45) is 11.7 Å². The maximum Gasteiger partial charge on any atom is 0.246 e. The van der Waals surface area contributed by atoms with Crippen LogP contribution in [0.5, 0.6) is 0 Å². The van der Waals surface area contributed by atoms with E-state index in [4.69, 9.17) is 5.73 Å². The zero-order chi connectivity index (χ0) is 20.3. The van der Waals surface area contributed by atoms with Gasteiger partial charge in [-0.05, 0) is 18.8 Å². The molecule has 152 valence electrons. The number of carbonyl (C=O) groups excluding carboxylic acids is 4. The van der Waals surface area contributed by atoms with Gasteiger partial charge in [-0.1, -0.05) is 13.3 Å². The molecule has 2 saturated heterocycles. The number of nitrogens with two attached hydrogens (primary N) is 1. The Balaban J connectivity index is 1.77. The first-order chi connectivity index (χ1) is 13.4. The molecule has 10 heteroatoms. The van der Waals surface area contributed by atoms with Crippen molar-refractivity contribution in [3.63, 3.8) is 0 Å². The topological polar surface area (TPSA) is 150 Å². The van der Waals surface area contributed by atoms with Crippen LogP contribution in [0.3, 0.4) is 0 Å². The molecule has 2 aliphatic rings. The minimum atomic E-state index is -0.886. The number of primary amides is 1. The first kappa shape index (κ1) is 19.8. The van der Waals surface area contributed by atoms with Gasteiger partial charge in [-0.3, -0.25) is 19.2 Å². The molecule has 3 heterocycles. The number of aromatic nitrogens is 2. The van der Waals surface area contributed by atoms with Crippen molar-refractivity contribution in [3.05, 3.63) is 18.2 Å². The van der Waals surface area contributed by atoms with Gasteiger partial charge in [-0.25, -0.2) is 4.98 Å². The van der Waals surface area contributed by atoms with Crippen molar-refractivity contribution in [1.29, 1.82) is 0 Å². The van der Waals surface area contributed by atoms with Crippen LogP contribution >= 0.6 is 0 Å². The van der Waals surface area contributed by atoms with Crippen LogP contribution in [0.15, 0.2) is 12.5 Å². The number of aromatic amines is 1. The van der Waals surface area contributed by atoms with Crippen LogP contribution < -0.4 is 16.4 Å². The van der Waals surface area contributed by atoms with E-state index in [9.17, 15) is 19.2 Å². The Morgan fingerprint density at radius 2 is 2.21 bits per heavy atom. The van der Waals surface area contributed by atoms with Gasteiger partial charge in [0.15, 0.2) is 0 Å². The maximum absolute atomic E-state index is 13.1. The summed E-state index contributed by atoms with van der Waals surface area (Å²) >= 11 is 0. The SMILES string of the molecule is CCC1CC(=O)N[C@@H]1C(=O)N[C@@H](Cc1cnc[nH]1)C(=O)N1CCC[C@H]1C(N)=O. The summed E-state index contributed by atoms with van der Waals surface area (Å²) in [7, 11) is 0. The summed E-state index contributed by atoms with van der Waals surface area (Å²) in [5.41, 5.74) is 6.11. The van der Waals surface area contributed by atoms with E-state index < -0.39 is 29.9 Å². The van der Waals surface area contributed by atoms with E-state index in [-0.39, 0.29) is 24.2 Å². The van der Waals surface area contributed by atoms with Crippen molar-refractivity contribution in [3.8, 4) is 0 Å². The zero-order valence-corrected chi connectivity index (χ0v) is 15.8. The molecule has 0 saturated carbocycles. The quantitative estimate of drug-likeness (QED) is 0.462. The molecule has 0 radical (unpaired) electrons. The number of hydrogen-bond acceptors (Lipinski definition) is 5. The predicted molar refractivity (Wildman–Crippen MR) is 98.5 cm³/mol. The lowest BCUT2D eigenvalue weighted by Crippen LogP contribution is -2.56. The highest BCUT2D eigenvalue weighted by molar-refractivity contribution is 5.96. The van der Waals surface area contributed by atoms with Gasteiger partial charge in [0.1, 0.15) is 18.1 Å². The fraction of sp³-hybridized carbons (Fsp3) is 0.611. The highest BCUT2D eigenvalue weighted by atomic mass is 16.2. The molecule has 0 spiro atoms. The molecule has 2 aliphatic heterocycles. The van der Waals surface area contributed by atoms with E-state index in [1.165, 1.54) is 11.2 Å². The van der Waals surface area contributed by atoms with Gasteiger partial charge < -0.3 is 26.3 Å². The Labute approximate surface area is 162 Å². The fourth-order valence-corrected chi connectivity index (χ4v) is 3.97. The summed E-state index contributed by atoms with van der Waals surface area (Å²) in [4.78, 5) is 57.6. The molecular weight excluding hydrogens is 364 g/mol. The van der Waals surface area contributed by atoms with Crippen molar-refractivity contribution in [2.45, 2.75) is 57.2 Å². The van der Waals surface area contributed by atoms with Crippen molar-refractivity contribution in [1.82, 2.24) is 25.5 Å². The lowest BCUT2D eigenvalue weighted by atomic mass is 9.96. The van der Waals surface area contributed by atoms with Crippen LogP contribution in [-0.2, 0) is 25.6 Å². The lowest BCUT2D eigenvalue weighted by molar-refractivity contribution is -0.141. The third-order valence-corrected chi connectivity index (χ3v) is 5.50. The normalized spacial score (nSPS) is 25.4. The molecule has 1 unspecified atom stereocenters. The molecular formula is C18H26N6O4. The van der Waals surface area contributed by atoms with Crippen LogP contribution in [0.2, 0.25) is 0 Å². The van der Waals surface area contributed by atoms with Gasteiger partial charge in [-0.15, -0.1) is 0 Å². The average Bonchev–Trinajstić information content (AvgIpc) is 3.40. The van der Waals surface area contributed by atoms with Crippen LogP contribution in [-0.4, -0.2) is 63.2 Å². The summed E-state index contributed by atoms with van der Waals surface area (Å²) < 4.78 is 0. The third-order valence-electron chi connectivity index (χ3n) is 5.50. The fourth-order valence-electron chi connectivity index (χ4n) is 3.97. The smallest absolute Gasteiger partial charge is 0.246 e. The first-order valence-electron chi connectivity index (χ1n) is 9.57. The molecule has 4 atom stereocenters. The van der Waals surface area contributed by atoms with Gasteiger partial charge in [0.2, 0.25) is 23.6 Å². The number of rotatable bonds is 7. The molecule has 1 aromatic heterocycles. The number of hydrogen-bond donors (Lipinski definition) is 4. The predicted octanol–water partition coefficient (Wildman–Crippen LogP) is -1.17. The lowest BCUT2D eigenvalue weighted by Gasteiger charge is -2.29. The number of likely N-dealkylation sites (tertiary alicyclic amines) is 1. The molecule has 28 heavy (non-hydrogen) atoms. The summed E-state index contributed by atoms with van der Waals surface area (Å²) in [6.07, 6.45) is 5.43. The number of nitrogens with zero attached hydrogens (tertiary/aromatic N) is 2. The standard InChI is InChI=1S/C18H26N6O4/c1-2-10-6-14(25)23-15(10)17(27)22-12(7-11-8-20-9-21-11)18(28)24-5-3-4-13(24)16(19)26/h8-10,12-13,15H,2-7H2,1H3,(H2,19,26)(H,20,21)(H,22,27)(H,23,25)/t10?,12-,13-,15-/m0/s1. The van der Waals surface area contributed by atoms with E-state index >= 15 is 0 Å². The number of carbonyl (C=O) groups is 4. The first-order valence-corrected chi connectivity index (χ1v) is 9.57. The van der Waals surface area contributed by atoms with Gasteiger partial charge in [0.25, 0.3) is 0 Å². The number of H-pyrrole nitrogens is 1. The molecule has 10 nitrogen and oxygen atoms in total. The second-order valence-electron chi connectivity index (χ2n) is 7.35. The number of nitrogens with one attached hydrogen (secondary N) is 3. The van der Waals surface area contributed by atoms with Crippen molar-refractivity contribution >= 4 is 23.6 Å². The van der Waals surface area contributed by atoms with E-state index in [1.54, 1.807) is 6.20 Å². The highest BCUT2D eigenvalue weighted by Gasteiger charge is 2.40. The Morgan fingerprint density at radius 1 is 1.43 bits per heavy atom. The highest BCUT2D eigenvalue weighted by Crippen LogP contribution is 2.22. The molecule has 2 fully saturated rings. The molecule has 0 aliphatic carbocycles. The minimum absolute atomic E-state index is 0.111. The average molecular weight is 390 g/mol. The van der Waals surface area contributed by atoms with Crippen LogP contribution in [0.1, 0.15) is 38.3 Å².